The largest absolute Gasteiger partial charge is 0.345 e. The number of carbonyl (C=O) groups is 1. The molecule has 12 heavy (non-hydrogen) atoms. The number of nitrogens with zero attached hydrogens (tertiary/aromatic N) is 1. The molecule has 0 saturated carbocycles. The van der Waals surface area contributed by atoms with E-state index in [0.29, 0.717) is 0 Å². The minimum Gasteiger partial charge on any atom is -0.345 e. The number of hydrogen-bond donors (Lipinski definition) is 0. The Hall–Kier alpha value is -0.830. The van der Waals surface area contributed by atoms with E-state index in [-0.39, 0.29) is 4.90 Å². The van der Waals surface area contributed by atoms with Crippen molar-refractivity contribution in [3.63, 3.8) is 0 Å². The highest BCUT2D eigenvalue weighted by Gasteiger charge is 2.09. The third kappa shape index (κ3) is 1.85. The van der Waals surface area contributed by atoms with E-state index in [4.69, 9.17) is 13.7 Å². The van der Waals surface area contributed by atoms with E-state index >= 15 is 0 Å². The molecule has 0 aliphatic heterocycles. The lowest BCUT2D eigenvalue weighted by Crippen LogP contribution is -2.21. The van der Waals surface area contributed by atoms with Crippen LogP contribution in [0.3, 0.4) is 0 Å². The van der Waals surface area contributed by atoms with E-state index < -0.39 is 54.1 Å². The van der Waals surface area contributed by atoms with Crippen molar-refractivity contribution in [2.24, 2.45) is 0 Å². The maximum Gasteiger partial charge on any atom is 0.254 e. The first-order chi connectivity index (χ1) is 9.71. The minimum absolute atomic E-state index is 0.360. The monoisotopic (exact) mass is 237 g/mol. The molecule has 0 aliphatic carbocycles. The van der Waals surface area contributed by atoms with Crippen molar-refractivity contribution in [1.29, 1.82) is 0 Å². The summed E-state index contributed by atoms with van der Waals surface area (Å²) in [4.78, 5) is 12.0. The fourth-order valence-electron chi connectivity index (χ4n) is 0.556. The summed E-state index contributed by atoms with van der Waals surface area (Å²) in [6, 6.07) is -2.84. The number of amides is 1. The fraction of sp³-hybridized carbons (Fsp3) is 0.222. The van der Waals surface area contributed by atoms with Crippen molar-refractivity contribution in [3.8, 4) is 0 Å². The molecule has 1 aromatic rings. The Labute approximate surface area is 94.4 Å². The van der Waals surface area contributed by atoms with Crippen LogP contribution in [0.1, 0.15) is 24.1 Å². The molecule has 64 valence electrons. The zero-order valence-electron chi connectivity index (χ0n) is 15.7. The predicted molar refractivity (Wildman–Crippen MR) is 52.2 cm³/mol. The maximum atomic E-state index is 12.3. The average Bonchev–Trinajstić information content (AvgIpc) is 2.30. The van der Waals surface area contributed by atoms with Gasteiger partial charge in [-0.05, 0) is 28.0 Å². The van der Waals surface area contributed by atoms with Crippen molar-refractivity contribution >= 4 is 21.8 Å². The van der Waals surface area contributed by atoms with Crippen LogP contribution in [0.15, 0.2) is 28.6 Å². The first-order valence-corrected chi connectivity index (χ1v) is 3.61. The molecule has 1 aromatic carbocycles. The molecule has 0 unspecified atom stereocenters. The zero-order valence-corrected chi connectivity index (χ0v) is 7.32. The molecule has 0 saturated heterocycles. The van der Waals surface area contributed by atoms with Crippen LogP contribution in [-0.4, -0.2) is 24.8 Å². The van der Waals surface area contributed by atoms with Gasteiger partial charge in [0.1, 0.15) is 0 Å². The summed E-state index contributed by atoms with van der Waals surface area (Å²) in [5.41, 5.74) is -0.752. The topological polar surface area (TPSA) is 20.3 Å². The van der Waals surface area contributed by atoms with Gasteiger partial charge in [-0.15, -0.1) is 0 Å². The van der Waals surface area contributed by atoms with Gasteiger partial charge in [-0.1, -0.05) is 12.1 Å². The highest BCUT2D eigenvalue weighted by atomic mass is 79.9. The quantitative estimate of drug-likeness (QED) is 0.734. The summed E-state index contributed by atoms with van der Waals surface area (Å²) < 4.78 is 72.9. The molecule has 0 radical (unpaired) electrons. The number of carbonyl (C=O) groups excluding carboxylic acids is 1. The molecule has 3 heteroatoms. The fourth-order valence-corrected chi connectivity index (χ4v) is 0.924. The zero-order chi connectivity index (χ0) is 17.6. The van der Waals surface area contributed by atoms with Crippen LogP contribution in [0.4, 0.5) is 0 Å². The lowest BCUT2D eigenvalue weighted by Gasteiger charge is -2.10. The lowest BCUT2D eigenvalue weighted by atomic mass is 10.2. The van der Waals surface area contributed by atoms with Gasteiger partial charge in [-0.25, -0.2) is 0 Å². The standard InChI is InChI=1S/C9H10BrNO/c1-11(2)9(12)7-5-3-4-6-8(7)10/h3-6H,1-2H3/i1D3,2D3,3D,4D,5D,6D. The van der Waals surface area contributed by atoms with Crippen LogP contribution < -0.4 is 0 Å². The molecule has 0 spiro atoms. The Kier molecular flexibility index (Phi) is 0.798. The molecule has 1 rings (SSSR count). The Balaban J connectivity index is 3.65. The normalized spacial score (nSPS) is 23.8. The van der Waals surface area contributed by atoms with Crippen LogP contribution in [0.5, 0.6) is 0 Å². The van der Waals surface area contributed by atoms with E-state index in [0.717, 1.165) is 0 Å². The van der Waals surface area contributed by atoms with Gasteiger partial charge in [0.15, 0.2) is 0 Å². The highest BCUT2D eigenvalue weighted by Crippen LogP contribution is 2.16. The molecule has 1 amide bonds. The van der Waals surface area contributed by atoms with E-state index in [2.05, 4.69) is 15.9 Å². The van der Waals surface area contributed by atoms with Gasteiger partial charge in [0.05, 0.1) is 11.0 Å². The second kappa shape index (κ2) is 3.72. The van der Waals surface area contributed by atoms with Crippen molar-refractivity contribution < 1.29 is 18.5 Å². The third-order valence-electron chi connectivity index (χ3n) is 1.06. The molecule has 0 N–H and O–H groups in total. The number of rotatable bonds is 1. The van der Waals surface area contributed by atoms with Gasteiger partial charge in [-0.2, -0.15) is 0 Å². The number of hydrogen-bond acceptors (Lipinski definition) is 1. The van der Waals surface area contributed by atoms with Crippen molar-refractivity contribution in [2.45, 2.75) is 0 Å². The van der Waals surface area contributed by atoms with Crippen molar-refractivity contribution in [2.75, 3.05) is 14.0 Å². The van der Waals surface area contributed by atoms with E-state index in [9.17, 15) is 4.79 Å². The molecule has 0 heterocycles. The first-order valence-electron chi connectivity index (χ1n) is 7.81. The smallest absolute Gasteiger partial charge is 0.254 e. The van der Waals surface area contributed by atoms with Gasteiger partial charge in [0.2, 0.25) is 0 Å². The molecule has 0 aromatic heterocycles. The summed E-state index contributed by atoms with van der Waals surface area (Å²) in [6.07, 6.45) is 0. The van der Waals surface area contributed by atoms with Crippen molar-refractivity contribution in [3.05, 3.63) is 34.2 Å². The van der Waals surface area contributed by atoms with Crippen molar-refractivity contribution in [1.82, 2.24) is 4.90 Å². The number of halogens is 1. The van der Waals surface area contributed by atoms with Gasteiger partial charge >= 0.3 is 0 Å². The molecule has 2 nitrogen and oxygen atoms in total. The summed E-state index contributed by atoms with van der Waals surface area (Å²) in [6.45, 7) is -6.61. The predicted octanol–water partition coefficient (Wildman–Crippen LogP) is 2.15. The Morgan fingerprint density at radius 1 is 1.58 bits per heavy atom. The average molecular weight is 238 g/mol. The second-order valence-corrected chi connectivity index (χ2v) is 2.62. The molecular formula is C9H10BrNO. The Bertz CT molecular complexity index is 579. The summed E-state index contributed by atoms with van der Waals surface area (Å²) in [5, 5.41) is 0. The van der Waals surface area contributed by atoms with Crippen LogP contribution in [0.2, 0.25) is 0 Å². The van der Waals surface area contributed by atoms with Crippen LogP contribution in [0, 0.1) is 0 Å². The van der Waals surface area contributed by atoms with E-state index in [1.54, 1.807) is 0 Å². The summed E-state index contributed by atoms with van der Waals surface area (Å²) in [7, 11) is 0. The van der Waals surface area contributed by atoms with Gasteiger partial charge in [0, 0.05) is 26.6 Å². The van der Waals surface area contributed by atoms with E-state index in [1.165, 1.54) is 0 Å². The minimum atomic E-state index is -3.31. The molecular weight excluding hydrogens is 218 g/mol. The number of benzene rings is 1. The third-order valence-corrected chi connectivity index (χ3v) is 1.65. The molecule has 0 aliphatic rings. The SMILES string of the molecule is [2H]c1c([2H])c([2H])c(C(=O)N(C([2H])([2H])[2H])C([2H])([2H])[2H])c(Br)c1[2H]. The van der Waals surface area contributed by atoms with E-state index in [1.807, 2.05) is 0 Å². The Morgan fingerprint density at radius 2 is 2.25 bits per heavy atom. The van der Waals surface area contributed by atoms with Crippen LogP contribution in [0.25, 0.3) is 0 Å². The maximum absolute atomic E-state index is 12.3. The van der Waals surface area contributed by atoms with Gasteiger partial charge < -0.3 is 4.90 Å². The second-order valence-electron chi connectivity index (χ2n) is 1.83. The Morgan fingerprint density at radius 3 is 2.92 bits per heavy atom. The van der Waals surface area contributed by atoms with Crippen LogP contribution >= 0.6 is 15.9 Å². The first kappa shape index (κ1) is 2.58. The molecule has 0 bridgehead atoms. The van der Waals surface area contributed by atoms with Gasteiger partial charge in [-0.3, -0.25) is 4.79 Å². The molecule has 0 fully saturated rings. The lowest BCUT2D eigenvalue weighted by molar-refractivity contribution is 0.0827. The molecule has 0 atom stereocenters. The summed E-state index contributed by atoms with van der Waals surface area (Å²) in [5.74, 6) is -1.54. The highest BCUT2D eigenvalue weighted by molar-refractivity contribution is 9.10. The van der Waals surface area contributed by atoms with Crippen LogP contribution in [-0.2, 0) is 0 Å². The van der Waals surface area contributed by atoms with Gasteiger partial charge in [0.25, 0.3) is 5.91 Å². The summed E-state index contributed by atoms with van der Waals surface area (Å²) >= 11 is 2.79.